The predicted octanol–water partition coefficient (Wildman–Crippen LogP) is 6.13. The van der Waals surface area contributed by atoms with Crippen molar-refractivity contribution in [2.75, 3.05) is 6.61 Å². The Bertz CT molecular complexity index is 673. The maximum Gasteiger partial charge on any atom is 0.127 e. The van der Waals surface area contributed by atoms with Crippen LogP contribution in [0.5, 0.6) is 5.75 Å². The topological polar surface area (TPSA) is 9.23 Å². The Morgan fingerprint density at radius 1 is 1.10 bits per heavy atom. The van der Waals surface area contributed by atoms with E-state index in [-0.39, 0.29) is 5.38 Å². The zero-order chi connectivity index (χ0) is 14.3. The summed E-state index contributed by atoms with van der Waals surface area (Å²) in [5.74, 6) is 0.912. The zero-order valence-electron chi connectivity index (χ0n) is 10.3. The number of fused-ring (bicyclic) bond motifs is 1. The highest BCUT2D eigenvalue weighted by Crippen LogP contribution is 2.43. The molecule has 2 aromatic rings. The lowest BCUT2D eigenvalue weighted by molar-refractivity contribution is 0.353. The molecule has 0 radical (unpaired) electrons. The molecule has 3 rings (SSSR count). The lowest BCUT2D eigenvalue weighted by Crippen LogP contribution is -1.98. The highest BCUT2D eigenvalue weighted by molar-refractivity contribution is 9.10. The zero-order valence-corrected chi connectivity index (χ0v) is 15.0. The normalized spacial score (nSPS) is 14.8. The number of benzene rings is 2. The van der Waals surface area contributed by atoms with Gasteiger partial charge >= 0.3 is 0 Å². The summed E-state index contributed by atoms with van der Waals surface area (Å²) in [6.45, 7) is 0.712. The van der Waals surface area contributed by atoms with Crippen LogP contribution in [-0.4, -0.2) is 6.61 Å². The molecule has 1 heterocycles. The SMILES string of the molecule is Clc1ccc(C(Cl)c2cc(Br)cc3c2OCC3)c(Br)c1. The average Bonchev–Trinajstić information content (AvgIpc) is 2.85. The Balaban J connectivity index is 2.09. The molecule has 1 nitrogen and oxygen atoms in total. The van der Waals surface area contributed by atoms with Crippen molar-refractivity contribution < 1.29 is 4.74 Å². The second-order valence-electron chi connectivity index (χ2n) is 4.61. The smallest absolute Gasteiger partial charge is 0.127 e. The van der Waals surface area contributed by atoms with Crippen molar-refractivity contribution in [2.24, 2.45) is 0 Å². The van der Waals surface area contributed by atoms with Crippen LogP contribution in [0.1, 0.15) is 22.1 Å². The van der Waals surface area contributed by atoms with Gasteiger partial charge in [0.1, 0.15) is 5.75 Å². The van der Waals surface area contributed by atoms with E-state index < -0.39 is 0 Å². The summed E-state index contributed by atoms with van der Waals surface area (Å²) in [4.78, 5) is 0. The Kier molecular flexibility index (Phi) is 4.32. The molecule has 1 aliphatic rings. The van der Waals surface area contributed by atoms with Gasteiger partial charge in [-0.15, -0.1) is 11.6 Å². The van der Waals surface area contributed by atoms with Crippen molar-refractivity contribution in [3.63, 3.8) is 0 Å². The predicted molar refractivity (Wildman–Crippen MR) is 90.2 cm³/mol. The summed E-state index contributed by atoms with van der Waals surface area (Å²) in [5.41, 5.74) is 3.16. The van der Waals surface area contributed by atoms with Crippen molar-refractivity contribution in [1.29, 1.82) is 0 Å². The summed E-state index contributed by atoms with van der Waals surface area (Å²) in [6.07, 6.45) is 0.924. The van der Waals surface area contributed by atoms with E-state index in [0.29, 0.717) is 11.6 Å². The van der Waals surface area contributed by atoms with Crippen LogP contribution in [0, 0.1) is 0 Å². The number of ether oxygens (including phenoxy) is 1. The molecule has 0 amide bonds. The fourth-order valence-electron chi connectivity index (χ4n) is 2.36. The minimum atomic E-state index is -0.286. The fourth-order valence-corrected chi connectivity index (χ4v) is 4.28. The second kappa shape index (κ2) is 5.88. The molecule has 0 saturated heterocycles. The molecule has 0 fully saturated rings. The standard InChI is InChI=1S/C15H10Br2Cl2O/c16-9-5-8-3-4-20-15(8)12(6-9)14(19)11-2-1-10(18)7-13(11)17/h1-2,5-7,14H,3-4H2. The van der Waals surface area contributed by atoms with Crippen LogP contribution in [0.25, 0.3) is 0 Å². The molecule has 0 saturated carbocycles. The van der Waals surface area contributed by atoms with Crippen molar-refractivity contribution >= 4 is 55.1 Å². The first-order valence-corrected chi connectivity index (χ1v) is 8.50. The molecular formula is C15H10Br2Cl2O. The molecule has 0 aliphatic carbocycles. The van der Waals surface area contributed by atoms with Gasteiger partial charge in [0.05, 0.1) is 12.0 Å². The van der Waals surface area contributed by atoms with Crippen LogP contribution < -0.4 is 4.74 Å². The maximum atomic E-state index is 6.67. The van der Waals surface area contributed by atoms with Gasteiger partial charge in [-0.25, -0.2) is 0 Å². The molecular weight excluding hydrogens is 427 g/mol. The molecule has 1 atom stereocenters. The Labute approximate surface area is 144 Å². The first-order chi connectivity index (χ1) is 9.56. The summed E-state index contributed by atoms with van der Waals surface area (Å²) in [5, 5.41) is 0.395. The number of hydrogen-bond acceptors (Lipinski definition) is 1. The molecule has 1 aliphatic heterocycles. The number of alkyl halides is 1. The van der Waals surface area contributed by atoms with Gasteiger partial charge in [0, 0.05) is 26.0 Å². The lowest BCUT2D eigenvalue weighted by Gasteiger charge is -2.16. The first kappa shape index (κ1) is 14.7. The number of halogens is 4. The van der Waals surface area contributed by atoms with Gasteiger partial charge < -0.3 is 4.74 Å². The minimum Gasteiger partial charge on any atom is -0.493 e. The first-order valence-electron chi connectivity index (χ1n) is 6.10. The molecule has 20 heavy (non-hydrogen) atoms. The summed E-state index contributed by atoms with van der Waals surface area (Å²) < 4.78 is 7.66. The third-order valence-electron chi connectivity index (χ3n) is 3.29. The van der Waals surface area contributed by atoms with E-state index in [1.807, 2.05) is 24.3 Å². The van der Waals surface area contributed by atoms with Crippen molar-refractivity contribution in [3.8, 4) is 5.75 Å². The van der Waals surface area contributed by atoms with Gasteiger partial charge in [-0.3, -0.25) is 0 Å². The van der Waals surface area contributed by atoms with Gasteiger partial charge in [0.15, 0.2) is 0 Å². The monoisotopic (exact) mass is 434 g/mol. The molecule has 2 aromatic carbocycles. The van der Waals surface area contributed by atoms with E-state index in [1.165, 1.54) is 5.56 Å². The van der Waals surface area contributed by atoms with Crippen LogP contribution in [-0.2, 0) is 6.42 Å². The largest absolute Gasteiger partial charge is 0.493 e. The van der Waals surface area contributed by atoms with Crippen LogP contribution in [0.4, 0.5) is 0 Å². The van der Waals surface area contributed by atoms with Gasteiger partial charge in [-0.1, -0.05) is 49.5 Å². The summed E-state index contributed by atoms with van der Waals surface area (Å²) in [7, 11) is 0. The highest BCUT2D eigenvalue weighted by atomic mass is 79.9. The average molecular weight is 437 g/mol. The minimum absolute atomic E-state index is 0.286. The van der Waals surface area contributed by atoms with Crippen LogP contribution >= 0.6 is 55.1 Å². The third kappa shape index (κ3) is 2.74. The van der Waals surface area contributed by atoms with Crippen LogP contribution in [0.15, 0.2) is 39.3 Å². The molecule has 1 unspecified atom stereocenters. The summed E-state index contributed by atoms with van der Waals surface area (Å²) in [6, 6.07) is 9.74. The van der Waals surface area contributed by atoms with E-state index in [9.17, 15) is 0 Å². The molecule has 0 aromatic heterocycles. The molecule has 5 heteroatoms. The van der Waals surface area contributed by atoms with Crippen molar-refractivity contribution in [3.05, 3.63) is 61.0 Å². The molecule has 104 valence electrons. The number of rotatable bonds is 2. The molecule has 0 N–H and O–H groups in total. The van der Waals surface area contributed by atoms with Gasteiger partial charge in [0.2, 0.25) is 0 Å². The fraction of sp³-hybridized carbons (Fsp3) is 0.200. The number of hydrogen-bond donors (Lipinski definition) is 0. The van der Waals surface area contributed by atoms with Gasteiger partial charge in [0.25, 0.3) is 0 Å². The highest BCUT2D eigenvalue weighted by Gasteiger charge is 2.24. The quantitative estimate of drug-likeness (QED) is 0.514. The van der Waals surface area contributed by atoms with Gasteiger partial charge in [-0.05, 0) is 35.4 Å². The molecule has 0 bridgehead atoms. The van der Waals surface area contributed by atoms with E-state index in [2.05, 4.69) is 37.9 Å². The Morgan fingerprint density at radius 2 is 1.90 bits per heavy atom. The van der Waals surface area contributed by atoms with E-state index in [1.54, 1.807) is 0 Å². The van der Waals surface area contributed by atoms with Crippen molar-refractivity contribution in [2.45, 2.75) is 11.8 Å². The van der Waals surface area contributed by atoms with Crippen molar-refractivity contribution in [1.82, 2.24) is 0 Å². The third-order valence-corrected chi connectivity index (χ3v) is 5.14. The second-order valence-corrected chi connectivity index (χ2v) is 7.25. The van der Waals surface area contributed by atoms with Gasteiger partial charge in [-0.2, -0.15) is 0 Å². The summed E-state index contributed by atoms with van der Waals surface area (Å²) >= 11 is 19.7. The maximum absolute atomic E-state index is 6.67. The molecule has 0 spiro atoms. The van der Waals surface area contributed by atoms with Crippen LogP contribution in [0.3, 0.4) is 0 Å². The lowest BCUT2D eigenvalue weighted by atomic mass is 10.0. The Hall–Kier alpha value is -0.220. The Morgan fingerprint density at radius 3 is 2.65 bits per heavy atom. The van der Waals surface area contributed by atoms with E-state index in [4.69, 9.17) is 27.9 Å². The van der Waals surface area contributed by atoms with E-state index >= 15 is 0 Å². The van der Waals surface area contributed by atoms with Crippen LogP contribution in [0.2, 0.25) is 5.02 Å². The van der Waals surface area contributed by atoms with E-state index in [0.717, 1.165) is 32.2 Å².